The van der Waals surface area contributed by atoms with Gasteiger partial charge in [-0.2, -0.15) is 4.98 Å². The maximum absolute atomic E-state index is 12.8. The van der Waals surface area contributed by atoms with Crippen LogP contribution in [0, 0.1) is 13.8 Å². The molecule has 0 bridgehead atoms. The van der Waals surface area contributed by atoms with E-state index in [0.717, 1.165) is 36.6 Å². The molecular weight excluding hydrogens is 386 g/mol. The van der Waals surface area contributed by atoms with E-state index in [0.29, 0.717) is 10.3 Å². The van der Waals surface area contributed by atoms with Crippen molar-refractivity contribution in [3.8, 4) is 0 Å². The molecule has 1 unspecified atom stereocenters. The quantitative estimate of drug-likeness (QED) is 0.698. The van der Waals surface area contributed by atoms with Crippen LogP contribution in [0.25, 0.3) is 10.3 Å². The second-order valence-corrected chi connectivity index (χ2v) is 8.63. The molecular formula is C21H25N5O2S. The summed E-state index contributed by atoms with van der Waals surface area (Å²) in [6, 6.07) is 6.01. The van der Waals surface area contributed by atoms with Crippen molar-refractivity contribution in [3.05, 3.63) is 51.6 Å². The minimum atomic E-state index is -0.219. The lowest BCUT2D eigenvalue weighted by atomic mass is 10.0. The SMILES string of the molecule is Cc1ccc(C(C)NC(=O)Cn2cnc3nc(N4CCCC4)sc3c2=O)cc1C. The molecule has 3 aromatic rings. The molecule has 29 heavy (non-hydrogen) atoms. The topological polar surface area (TPSA) is 80.1 Å². The number of benzene rings is 1. The van der Waals surface area contributed by atoms with E-state index in [1.165, 1.54) is 33.4 Å². The second kappa shape index (κ2) is 7.94. The van der Waals surface area contributed by atoms with E-state index < -0.39 is 0 Å². The van der Waals surface area contributed by atoms with Crippen molar-refractivity contribution < 1.29 is 4.79 Å². The molecule has 1 N–H and O–H groups in total. The summed E-state index contributed by atoms with van der Waals surface area (Å²) in [7, 11) is 0. The molecule has 8 heteroatoms. The molecule has 2 aromatic heterocycles. The van der Waals surface area contributed by atoms with Gasteiger partial charge < -0.3 is 10.2 Å². The minimum absolute atomic E-state index is 0.0616. The van der Waals surface area contributed by atoms with Gasteiger partial charge in [0.2, 0.25) is 5.91 Å². The summed E-state index contributed by atoms with van der Waals surface area (Å²) in [5.41, 5.74) is 3.69. The average molecular weight is 412 g/mol. The Bertz CT molecular complexity index is 1110. The number of fused-ring (bicyclic) bond motifs is 1. The number of hydrogen-bond acceptors (Lipinski definition) is 6. The Morgan fingerprint density at radius 1 is 1.24 bits per heavy atom. The van der Waals surface area contributed by atoms with E-state index in [-0.39, 0.29) is 24.1 Å². The summed E-state index contributed by atoms with van der Waals surface area (Å²) < 4.78 is 1.86. The number of nitrogens with one attached hydrogen (secondary N) is 1. The molecule has 4 rings (SSSR count). The summed E-state index contributed by atoms with van der Waals surface area (Å²) >= 11 is 1.36. The zero-order valence-electron chi connectivity index (χ0n) is 16.9. The molecule has 1 fully saturated rings. The van der Waals surface area contributed by atoms with Crippen LogP contribution in [-0.4, -0.2) is 33.5 Å². The van der Waals surface area contributed by atoms with Crippen molar-refractivity contribution in [2.24, 2.45) is 0 Å². The third-order valence-corrected chi connectivity index (χ3v) is 6.56. The van der Waals surface area contributed by atoms with E-state index in [4.69, 9.17) is 0 Å². The zero-order valence-corrected chi connectivity index (χ0v) is 17.8. The van der Waals surface area contributed by atoms with Crippen molar-refractivity contribution in [1.29, 1.82) is 0 Å². The maximum Gasteiger partial charge on any atom is 0.273 e. The highest BCUT2D eigenvalue weighted by Gasteiger charge is 2.19. The first kappa shape index (κ1) is 19.6. The molecule has 0 spiro atoms. The second-order valence-electron chi connectivity index (χ2n) is 7.65. The van der Waals surface area contributed by atoms with Gasteiger partial charge in [0, 0.05) is 13.1 Å². The molecule has 1 amide bonds. The van der Waals surface area contributed by atoms with E-state index in [1.807, 2.05) is 13.0 Å². The van der Waals surface area contributed by atoms with E-state index in [2.05, 4.69) is 46.2 Å². The number of anilines is 1. The zero-order chi connectivity index (χ0) is 20.5. The van der Waals surface area contributed by atoms with Gasteiger partial charge in [-0.15, -0.1) is 0 Å². The first-order valence-corrected chi connectivity index (χ1v) is 10.7. The lowest BCUT2D eigenvalue weighted by Crippen LogP contribution is -2.33. The summed E-state index contributed by atoms with van der Waals surface area (Å²) in [5, 5.41) is 3.81. The Labute approximate surface area is 173 Å². The fourth-order valence-electron chi connectivity index (χ4n) is 3.55. The predicted molar refractivity (Wildman–Crippen MR) is 116 cm³/mol. The first-order chi connectivity index (χ1) is 13.9. The monoisotopic (exact) mass is 411 g/mol. The Hall–Kier alpha value is -2.74. The molecule has 7 nitrogen and oxygen atoms in total. The summed E-state index contributed by atoms with van der Waals surface area (Å²) in [6.45, 7) is 7.93. The van der Waals surface area contributed by atoms with Crippen molar-refractivity contribution >= 4 is 32.7 Å². The van der Waals surface area contributed by atoms with Crippen molar-refractivity contribution in [1.82, 2.24) is 19.9 Å². The third-order valence-electron chi connectivity index (χ3n) is 5.47. The van der Waals surface area contributed by atoms with Crippen LogP contribution < -0.4 is 15.8 Å². The van der Waals surface area contributed by atoms with E-state index in [1.54, 1.807) is 0 Å². The number of thiazole rings is 1. The third kappa shape index (κ3) is 4.03. The largest absolute Gasteiger partial charge is 0.348 e. The summed E-state index contributed by atoms with van der Waals surface area (Å²) in [5.74, 6) is -0.219. The van der Waals surface area contributed by atoms with Crippen molar-refractivity contribution in [3.63, 3.8) is 0 Å². The minimum Gasteiger partial charge on any atom is -0.348 e. The molecule has 3 heterocycles. The summed E-state index contributed by atoms with van der Waals surface area (Å²) in [4.78, 5) is 36.3. The van der Waals surface area contributed by atoms with Gasteiger partial charge in [0.1, 0.15) is 17.6 Å². The van der Waals surface area contributed by atoms with Crippen LogP contribution in [0.5, 0.6) is 0 Å². The normalized spacial score (nSPS) is 15.1. The number of amides is 1. The van der Waals surface area contributed by atoms with Gasteiger partial charge in [-0.1, -0.05) is 29.5 Å². The standard InChI is InChI=1S/C21H25N5O2S/c1-13-6-7-16(10-14(13)2)15(3)23-17(27)11-26-12-22-19-18(20(26)28)29-21(24-19)25-8-4-5-9-25/h6-7,10,12,15H,4-5,8-9,11H2,1-3H3,(H,23,27). The van der Waals surface area contributed by atoms with Gasteiger partial charge in [0.05, 0.1) is 6.04 Å². The Kier molecular flexibility index (Phi) is 5.36. The Morgan fingerprint density at radius 3 is 2.72 bits per heavy atom. The molecule has 0 radical (unpaired) electrons. The number of aryl methyl sites for hydroxylation is 2. The number of nitrogens with zero attached hydrogens (tertiary/aromatic N) is 4. The number of hydrogen-bond donors (Lipinski definition) is 1. The smallest absolute Gasteiger partial charge is 0.273 e. The molecule has 1 aliphatic rings. The highest BCUT2D eigenvalue weighted by atomic mass is 32.1. The number of carbonyl (C=O) groups excluding carboxylic acids is 1. The lowest BCUT2D eigenvalue weighted by molar-refractivity contribution is -0.122. The van der Waals surface area contributed by atoms with Gasteiger partial charge in [0.25, 0.3) is 5.56 Å². The first-order valence-electron chi connectivity index (χ1n) is 9.90. The van der Waals surface area contributed by atoms with Crippen LogP contribution in [0.1, 0.15) is 42.5 Å². The van der Waals surface area contributed by atoms with Gasteiger partial charge in [-0.3, -0.25) is 14.2 Å². The fourth-order valence-corrected chi connectivity index (χ4v) is 4.57. The van der Waals surface area contributed by atoms with Gasteiger partial charge >= 0.3 is 0 Å². The molecule has 1 saturated heterocycles. The number of carbonyl (C=O) groups is 1. The van der Waals surface area contributed by atoms with E-state index in [9.17, 15) is 9.59 Å². The molecule has 0 aliphatic carbocycles. The van der Waals surface area contributed by atoms with Crippen LogP contribution in [0.4, 0.5) is 5.13 Å². The van der Waals surface area contributed by atoms with Crippen LogP contribution in [0.2, 0.25) is 0 Å². The van der Waals surface area contributed by atoms with Gasteiger partial charge in [-0.25, -0.2) is 4.98 Å². The summed E-state index contributed by atoms with van der Waals surface area (Å²) in [6.07, 6.45) is 3.71. The molecule has 1 aliphatic heterocycles. The van der Waals surface area contributed by atoms with Crippen molar-refractivity contribution in [2.75, 3.05) is 18.0 Å². The number of rotatable bonds is 5. The van der Waals surface area contributed by atoms with Crippen molar-refractivity contribution in [2.45, 2.75) is 46.2 Å². The molecule has 152 valence electrons. The van der Waals surface area contributed by atoms with Gasteiger partial charge in [0.15, 0.2) is 10.8 Å². The van der Waals surface area contributed by atoms with Crippen LogP contribution in [0.3, 0.4) is 0 Å². The van der Waals surface area contributed by atoms with Crippen LogP contribution in [0.15, 0.2) is 29.3 Å². The fraction of sp³-hybridized carbons (Fsp3) is 0.429. The highest BCUT2D eigenvalue weighted by molar-refractivity contribution is 7.22. The average Bonchev–Trinajstić information content (AvgIpc) is 3.36. The van der Waals surface area contributed by atoms with Gasteiger partial charge in [-0.05, 0) is 50.3 Å². The number of aromatic nitrogens is 3. The molecule has 1 atom stereocenters. The molecule has 1 aromatic carbocycles. The Balaban J connectivity index is 1.49. The Morgan fingerprint density at radius 2 is 2.00 bits per heavy atom. The maximum atomic E-state index is 12.8. The molecule has 0 saturated carbocycles. The predicted octanol–water partition coefficient (Wildman–Crippen LogP) is 2.95. The highest BCUT2D eigenvalue weighted by Crippen LogP contribution is 2.27. The van der Waals surface area contributed by atoms with Crippen LogP contribution in [-0.2, 0) is 11.3 Å². The van der Waals surface area contributed by atoms with E-state index >= 15 is 0 Å². The van der Waals surface area contributed by atoms with Crippen LogP contribution >= 0.6 is 11.3 Å². The lowest BCUT2D eigenvalue weighted by Gasteiger charge is -2.16.